The molecule has 1 aromatic carbocycles. The van der Waals surface area contributed by atoms with Crippen molar-refractivity contribution >= 4 is 5.91 Å². The molecule has 0 heterocycles. The largest absolute Gasteiger partial charge is 0.490 e. The molecule has 0 aliphatic rings. The van der Waals surface area contributed by atoms with Crippen LogP contribution in [0.2, 0.25) is 0 Å². The first kappa shape index (κ1) is 17.3. The lowest BCUT2D eigenvalue weighted by atomic mass is 10.2. The van der Waals surface area contributed by atoms with Gasteiger partial charge in [-0.1, -0.05) is 25.5 Å². The Labute approximate surface area is 126 Å². The monoisotopic (exact) mass is 294 g/mol. The molecular formula is C16H26N2O3. The average Bonchev–Trinajstić information content (AvgIpc) is 2.49. The van der Waals surface area contributed by atoms with E-state index in [0.717, 1.165) is 18.4 Å². The molecule has 1 unspecified atom stereocenters. The second-order valence-electron chi connectivity index (χ2n) is 4.79. The maximum atomic E-state index is 12.0. The van der Waals surface area contributed by atoms with Gasteiger partial charge >= 0.3 is 0 Å². The summed E-state index contributed by atoms with van der Waals surface area (Å²) in [5.41, 5.74) is 6.56. The topological polar surface area (TPSA) is 73.6 Å². The van der Waals surface area contributed by atoms with Gasteiger partial charge in [0, 0.05) is 18.7 Å². The van der Waals surface area contributed by atoms with Crippen molar-refractivity contribution in [2.24, 2.45) is 5.73 Å². The maximum absolute atomic E-state index is 12.0. The molecule has 0 aliphatic carbocycles. The van der Waals surface area contributed by atoms with Crippen molar-refractivity contribution in [1.82, 2.24) is 5.32 Å². The molecule has 0 fully saturated rings. The van der Waals surface area contributed by atoms with Gasteiger partial charge in [0.1, 0.15) is 0 Å². The molecule has 0 saturated carbocycles. The van der Waals surface area contributed by atoms with E-state index in [9.17, 15) is 4.79 Å². The molecule has 1 atom stereocenters. The number of hydrogen-bond donors (Lipinski definition) is 2. The summed E-state index contributed by atoms with van der Waals surface area (Å²) >= 11 is 0. The molecule has 1 rings (SSSR count). The fourth-order valence-electron chi connectivity index (χ4n) is 1.89. The Morgan fingerprint density at radius 1 is 1.38 bits per heavy atom. The Kier molecular flexibility index (Phi) is 7.61. The van der Waals surface area contributed by atoms with E-state index >= 15 is 0 Å². The minimum Gasteiger partial charge on any atom is -0.490 e. The van der Waals surface area contributed by atoms with Crippen molar-refractivity contribution in [2.75, 3.05) is 13.2 Å². The Morgan fingerprint density at radius 2 is 2.14 bits per heavy atom. The molecule has 21 heavy (non-hydrogen) atoms. The third-order valence-corrected chi connectivity index (χ3v) is 3.07. The van der Waals surface area contributed by atoms with E-state index < -0.39 is 6.10 Å². The smallest absolute Gasteiger partial charge is 0.260 e. The van der Waals surface area contributed by atoms with Gasteiger partial charge in [0.15, 0.2) is 17.6 Å². The molecule has 0 spiro atoms. The molecule has 0 aliphatic heterocycles. The van der Waals surface area contributed by atoms with Crippen molar-refractivity contribution in [3.05, 3.63) is 23.8 Å². The number of nitrogens with one attached hydrogen (secondary N) is 1. The second kappa shape index (κ2) is 9.23. The van der Waals surface area contributed by atoms with Crippen molar-refractivity contribution in [2.45, 2.75) is 46.3 Å². The molecule has 0 radical (unpaired) electrons. The number of rotatable bonds is 9. The number of carbonyl (C=O) groups excluding carboxylic acids is 1. The Bertz CT molecular complexity index is 449. The van der Waals surface area contributed by atoms with Gasteiger partial charge in [0.25, 0.3) is 5.91 Å². The third kappa shape index (κ3) is 5.27. The number of hydrogen-bond acceptors (Lipinski definition) is 4. The van der Waals surface area contributed by atoms with Gasteiger partial charge in [-0.2, -0.15) is 0 Å². The number of amides is 1. The predicted molar refractivity (Wildman–Crippen MR) is 83.5 cm³/mol. The number of nitrogens with two attached hydrogens (primary N) is 1. The summed E-state index contributed by atoms with van der Waals surface area (Å²) in [5.74, 6) is 1.05. The zero-order chi connectivity index (χ0) is 15.7. The van der Waals surface area contributed by atoms with Crippen LogP contribution >= 0.6 is 0 Å². The van der Waals surface area contributed by atoms with Gasteiger partial charge in [-0.3, -0.25) is 4.79 Å². The van der Waals surface area contributed by atoms with Gasteiger partial charge in [-0.25, -0.2) is 0 Å². The predicted octanol–water partition coefficient (Wildman–Crippen LogP) is 2.23. The molecule has 118 valence electrons. The van der Waals surface area contributed by atoms with E-state index in [0.29, 0.717) is 31.2 Å². The zero-order valence-electron chi connectivity index (χ0n) is 13.1. The lowest BCUT2D eigenvalue weighted by Crippen LogP contribution is -2.37. The first-order valence-corrected chi connectivity index (χ1v) is 7.53. The van der Waals surface area contributed by atoms with Gasteiger partial charge in [-0.15, -0.1) is 0 Å². The van der Waals surface area contributed by atoms with Crippen molar-refractivity contribution < 1.29 is 14.3 Å². The van der Waals surface area contributed by atoms with E-state index in [1.807, 2.05) is 25.1 Å². The summed E-state index contributed by atoms with van der Waals surface area (Å²) in [7, 11) is 0. The number of unbranched alkanes of at least 4 members (excludes halogenated alkanes) is 1. The van der Waals surface area contributed by atoms with E-state index in [4.69, 9.17) is 15.2 Å². The van der Waals surface area contributed by atoms with Crippen LogP contribution < -0.4 is 20.5 Å². The van der Waals surface area contributed by atoms with Gasteiger partial charge in [-0.05, 0) is 26.3 Å². The first-order chi connectivity index (χ1) is 10.1. The van der Waals surface area contributed by atoms with Crippen LogP contribution in [0.4, 0.5) is 0 Å². The van der Waals surface area contributed by atoms with Crippen LogP contribution in [0.15, 0.2) is 18.2 Å². The second-order valence-corrected chi connectivity index (χ2v) is 4.79. The minimum atomic E-state index is -0.589. The number of para-hydroxylation sites is 1. The number of ether oxygens (including phenoxy) is 2. The van der Waals surface area contributed by atoms with Crippen LogP contribution in [0.5, 0.6) is 11.5 Å². The van der Waals surface area contributed by atoms with Crippen LogP contribution in [-0.2, 0) is 11.3 Å². The molecule has 3 N–H and O–H groups in total. The van der Waals surface area contributed by atoms with E-state index in [-0.39, 0.29) is 5.91 Å². The lowest BCUT2D eigenvalue weighted by molar-refractivity contribution is -0.127. The van der Waals surface area contributed by atoms with Crippen molar-refractivity contribution in [1.29, 1.82) is 0 Å². The number of carbonyl (C=O) groups is 1. The van der Waals surface area contributed by atoms with E-state index in [1.165, 1.54) is 0 Å². The molecule has 5 heteroatoms. The Hall–Kier alpha value is -1.75. The molecule has 5 nitrogen and oxygen atoms in total. The highest BCUT2D eigenvalue weighted by atomic mass is 16.5. The fourth-order valence-corrected chi connectivity index (χ4v) is 1.89. The molecule has 0 saturated heterocycles. The zero-order valence-corrected chi connectivity index (χ0v) is 13.1. The molecule has 1 aromatic rings. The number of benzene rings is 1. The van der Waals surface area contributed by atoms with E-state index in [1.54, 1.807) is 6.92 Å². The summed E-state index contributed by atoms with van der Waals surface area (Å²) in [6, 6.07) is 5.56. The fraction of sp³-hybridized carbons (Fsp3) is 0.562. The Balaban J connectivity index is 2.77. The normalized spacial score (nSPS) is 11.8. The van der Waals surface area contributed by atoms with Gasteiger partial charge in [0.2, 0.25) is 0 Å². The molecule has 0 aromatic heterocycles. The highest BCUT2D eigenvalue weighted by Crippen LogP contribution is 2.32. The summed E-state index contributed by atoms with van der Waals surface area (Å²) in [5, 5.41) is 2.86. The summed E-state index contributed by atoms with van der Waals surface area (Å²) < 4.78 is 11.3. The van der Waals surface area contributed by atoms with Crippen molar-refractivity contribution in [3.8, 4) is 11.5 Å². The highest BCUT2D eigenvalue weighted by Gasteiger charge is 2.18. The summed E-state index contributed by atoms with van der Waals surface area (Å²) in [6.45, 7) is 7.24. The molecule has 1 amide bonds. The third-order valence-electron chi connectivity index (χ3n) is 3.07. The van der Waals surface area contributed by atoms with Crippen LogP contribution in [0.3, 0.4) is 0 Å². The standard InChI is InChI=1S/C16H26N2O3/c1-4-6-10-18-16(19)12(3)21-15-13(11-17)8-7-9-14(15)20-5-2/h7-9,12H,4-6,10-11,17H2,1-3H3,(H,18,19). The van der Waals surface area contributed by atoms with Crippen LogP contribution in [0.1, 0.15) is 39.2 Å². The van der Waals surface area contributed by atoms with Crippen molar-refractivity contribution in [3.63, 3.8) is 0 Å². The van der Waals surface area contributed by atoms with Crippen LogP contribution in [0.25, 0.3) is 0 Å². The maximum Gasteiger partial charge on any atom is 0.260 e. The molecule has 0 bridgehead atoms. The SMILES string of the molecule is CCCCNC(=O)C(C)Oc1c(CN)cccc1OCC. The highest BCUT2D eigenvalue weighted by molar-refractivity contribution is 5.80. The minimum absolute atomic E-state index is 0.127. The lowest BCUT2D eigenvalue weighted by Gasteiger charge is -2.19. The first-order valence-electron chi connectivity index (χ1n) is 7.53. The quantitative estimate of drug-likeness (QED) is 0.685. The average molecular weight is 294 g/mol. The van der Waals surface area contributed by atoms with E-state index in [2.05, 4.69) is 12.2 Å². The van der Waals surface area contributed by atoms with Gasteiger partial charge < -0.3 is 20.5 Å². The van der Waals surface area contributed by atoms with Crippen LogP contribution in [0, 0.1) is 0 Å². The summed E-state index contributed by atoms with van der Waals surface area (Å²) in [6.07, 6.45) is 1.41. The van der Waals surface area contributed by atoms with Crippen LogP contribution in [-0.4, -0.2) is 25.2 Å². The summed E-state index contributed by atoms with van der Waals surface area (Å²) in [4.78, 5) is 12.0. The molecular weight excluding hydrogens is 268 g/mol. The van der Waals surface area contributed by atoms with Gasteiger partial charge in [0.05, 0.1) is 6.61 Å². The Morgan fingerprint density at radius 3 is 2.76 bits per heavy atom.